The van der Waals surface area contributed by atoms with Gasteiger partial charge in [0.2, 0.25) is 0 Å². The van der Waals surface area contributed by atoms with E-state index in [4.69, 9.17) is 0 Å². The molecule has 0 bridgehead atoms. The molecule has 1 aliphatic rings. The minimum atomic E-state index is -0.369. The number of aromatic hydroxyl groups is 1. The molecule has 0 saturated carbocycles. The zero-order valence-electron chi connectivity index (χ0n) is 11.1. The number of nitrogens with zero attached hydrogens (tertiary/aromatic N) is 2. The number of rotatable bonds is 3. The molecular weight excluding hydrogens is 231 g/mol. The lowest BCUT2D eigenvalue weighted by molar-refractivity contribution is 0.128. The zero-order valence-corrected chi connectivity index (χ0v) is 11.1. The van der Waals surface area contributed by atoms with Gasteiger partial charge in [-0.3, -0.25) is 4.90 Å². The lowest BCUT2D eigenvalue weighted by Crippen LogP contribution is -2.44. The van der Waals surface area contributed by atoms with Crippen molar-refractivity contribution in [2.75, 3.05) is 27.2 Å². The van der Waals surface area contributed by atoms with E-state index in [-0.39, 0.29) is 11.6 Å². The molecule has 1 unspecified atom stereocenters. The summed E-state index contributed by atoms with van der Waals surface area (Å²) in [6.07, 6.45) is 2.39. The molecule has 0 aliphatic carbocycles. The van der Waals surface area contributed by atoms with Crippen molar-refractivity contribution >= 4 is 0 Å². The van der Waals surface area contributed by atoms with Gasteiger partial charge in [0.25, 0.3) is 0 Å². The third kappa shape index (κ3) is 3.43. The van der Waals surface area contributed by atoms with Crippen molar-refractivity contribution in [1.82, 2.24) is 9.80 Å². The highest BCUT2D eigenvalue weighted by molar-refractivity contribution is 5.28. The van der Waals surface area contributed by atoms with Gasteiger partial charge in [0.05, 0.1) is 0 Å². The fourth-order valence-electron chi connectivity index (χ4n) is 2.58. The van der Waals surface area contributed by atoms with Crippen LogP contribution in [0.1, 0.15) is 18.4 Å². The number of phenols is 1. The van der Waals surface area contributed by atoms with Crippen molar-refractivity contribution in [2.45, 2.75) is 25.4 Å². The third-order valence-electron chi connectivity index (χ3n) is 3.56. The quantitative estimate of drug-likeness (QED) is 0.892. The Morgan fingerprint density at radius 1 is 1.39 bits per heavy atom. The summed E-state index contributed by atoms with van der Waals surface area (Å²) < 4.78 is 13.2. The van der Waals surface area contributed by atoms with Crippen molar-refractivity contribution < 1.29 is 9.50 Å². The predicted octanol–water partition coefficient (Wildman–Crippen LogP) is 2.06. The maximum atomic E-state index is 13.2. The highest BCUT2D eigenvalue weighted by Gasteiger charge is 2.21. The van der Waals surface area contributed by atoms with Crippen LogP contribution >= 0.6 is 0 Å². The molecule has 4 heteroatoms. The molecule has 0 aromatic heterocycles. The van der Waals surface area contributed by atoms with Crippen LogP contribution in [0.15, 0.2) is 18.2 Å². The van der Waals surface area contributed by atoms with Crippen LogP contribution in [0.2, 0.25) is 0 Å². The minimum Gasteiger partial charge on any atom is -0.508 e. The Kier molecular flexibility index (Phi) is 4.19. The SMILES string of the molecule is CN(C)C1CCCN(Cc2cc(O)cc(F)c2)C1. The van der Waals surface area contributed by atoms with Crippen LogP contribution in [0.3, 0.4) is 0 Å². The highest BCUT2D eigenvalue weighted by atomic mass is 19.1. The summed E-state index contributed by atoms with van der Waals surface area (Å²) in [4.78, 5) is 4.57. The van der Waals surface area contributed by atoms with E-state index in [1.165, 1.54) is 18.9 Å². The number of halogens is 1. The van der Waals surface area contributed by atoms with Crippen molar-refractivity contribution in [2.24, 2.45) is 0 Å². The molecule has 0 spiro atoms. The van der Waals surface area contributed by atoms with Gasteiger partial charge in [0.1, 0.15) is 11.6 Å². The first-order valence-corrected chi connectivity index (χ1v) is 6.42. The Bertz CT molecular complexity index is 389. The van der Waals surface area contributed by atoms with Gasteiger partial charge in [-0.2, -0.15) is 0 Å². The molecule has 1 atom stereocenters. The van der Waals surface area contributed by atoms with E-state index < -0.39 is 0 Å². The third-order valence-corrected chi connectivity index (χ3v) is 3.56. The van der Waals surface area contributed by atoms with E-state index in [0.29, 0.717) is 12.6 Å². The van der Waals surface area contributed by atoms with Crippen LogP contribution in [0.4, 0.5) is 4.39 Å². The van der Waals surface area contributed by atoms with Crippen LogP contribution in [0, 0.1) is 5.82 Å². The van der Waals surface area contributed by atoms with Gasteiger partial charge in [-0.25, -0.2) is 4.39 Å². The van der Waals surface area contributed by atoms with E-state index in [9.17, 15) is 9.50 Å². The van der Waals surface area contributed by atoms with Gasteiger partial charge in [-0.1, -0.05) is 0 Å². The average Bonchev–Trinajstić information content (AvgIpc) is 2.27. The molecule has 100 valence electrons. The molecule has 0 radical (unpaired) electrons. The Balaban J connectivity index is 2.00. The number of likely N-dealkylation sites (N-methyl/N-ethyl adjacent to an activating group) is 1. The average molecular weight is 252 g/mol. The molecule has 1 aromatic carbocycles. The fourth-order valence-corrected chi connectivity index (χ4v) is 2.58. The first kappa shape index (κ1) is 13.3. The van der Waals surface area contributed by atoms with E-state index in [2.05, 4.69) is 23.9 Å². The molecule has 0 amide bonds. The summed E-state index contributed by atoms with van der Waals surface area (Å²) in [5.74, 6) is -0.364. The zero-order chi connectivity index (χ0) is 13.1. The minimum absolute atomic E-state index is 0.00571. The van der Waals surface area contributed by atoms with Gasteiger partial charge in [0, 0.05) is 25.2 Å². The first-order valence-electron chi connectivity index (χ1n) is 6.42. The van der Waals surface area contributed by atoms with Gasteiger partial charge < -0.3 is 10.0 Å². The normalized spacial score (nSPS) is 21.4. The van der Waals surface area contributed by atoms with Crippen LogP contribution in [0.5, 0.6) is 5.75 Å². The van der Waals surface area contributed by atoms with Gasteiger partial charge in [0.15, 0.2) is 0 Å². The van der Waals surface area contributed by atoms with Gasteiger partial charge >= 0.3 is 0 Å². The second kappa shape index (κ2) is 5.67. The highest BCUT2D eigenvalue weighted by Crippen LogP contribution is 2.19. The second-order valence-electron chi connectivity index (χ2n) is 5.31. The van der Waals surface area contributed by atoms with Crippen molar-refractivity contribution in [1.29, 1.82) is 0 Å². The summed E-state index contributed by atoms with van der Waals surface area (Å²) >= 11 is 0. The first-order chi connectivity index (χ1) is 8.54. The number of hydrogen-bond acceptors (Lipinski definition) is 3. The largest absolute Gasteiger partial charge is 0.508 e. The lowest BCUT2D eigenvalue weighted by atomic mass is 10.0. The maximum absolute atomic E-state index is 13.2. The van der Waals surface area contributed by atoms with Crippen LogP contribution in [0.25, 0.3) is 0 Å². The molecule has 3 nitrogen and oxygen atoms in total. The number of likely N-dealkylation sites (tertiary alicyclic amines) is 1. The van der Waals surface area contributed by atoms with E-state index >= 15 is 0 Å². The second-order valence-corrected chi connectivity index (χ2v) is 5.31. The van der Waals surface area contributed by atoms with Crippen molar-refractivity contribution in [3.63, 3.8) is 0 Å². The number of hydrogen-bond donors (Lipinski definition) is 1. The van der Waals surface area contributed by atoms with E-state index in [1.807, 2.05) is 0 Å². The Morgan fingerprint density at radius 3 is 2.83 bits per heavy atom. The van der Waals surface area contributed by atoms with E-state index in [1.54, 1.807) is 6.07 Å². The monoisotopic (exact) mass is 252 g/mol. The van der Waals surface area contributed by atoms with Gasteiger partial charge in [-0.05, 0) is 51.2 Å². The smallest absolute Gasteiger partial charge is 0.127 e. The molecule has 1 aliphatic heterocycles. The summed E-state index contributed by atoms with van der Waals surface area (Å²) in [6.45, 7) is 2.75. The van der Waals surface area contributed by atoms with Crippen molar-refractivity contribution in [3.05, 3.63) is 29.6 Å². The molecule has 1 aromatic rings. The van der Waals surface area contributed by atoms with Gasteiger partial charge in [-0.15, -0.1) is 0 Å². The predicted molar refractivity (Wildman–Crippen MR) is 70.1 cm³/mol. The van der Waals surface area contributed by atoms with Crippen LogP contribution in [-0.2, 0) is 6.54 Å². The summed E-state index contributed by atoms with van der Waals surface area (Å²) in [5, 5.41) is 9.40. The maximum Gasteiger partial charge on any atom is 0.127 e. The fraction of sp³-hybridized carbons (Fsp3) is 0.571. The van der Waals surface area contributed by atoms with Crippen LogP contribution in [-0.4, -0.2) is 48.1 Å². The summed E-state index contributed by atoms with van der Waals surface area (Å²) in [6, 6.07) is 4.85. The Morgan fingerprint density at radius 2 is 2.17 bits per heavy atom. The topological polar surface area (TPSA) is 26.7 Å². The number of piperidine rings is 1. The van der Waals surface area contributed by atoms with Crippen molar-refractivity contribution in [3.8, 4) is 5.75 Å². The number of phenolic OH excluding ortho intramolecular Hbond substituents is 1. The molecule has 1 saturated heterocycles. The molecule has 18 heavy (non-hydrogen) atoms. The van der Waals surface area contributed by atoms with E-state index in [0.717, 1.165) is 24.7 Å². The summed E-state index contributed by atoms with van der Waals surface area (Å²) in [5.41, 5.74) is 0.840. The Hall–Kier alpha value is -1.13. The van der Waals surface area contributed by atoms with Crippen LogP contribution < -0.4 is 0 Å². The molecule has 1 heterocycles. The Labute approximate surface area is 108 Å². The molecule has 1 fully saturated rings. The lowest BCUT2D eigenvalue weighted by Gasteiger charge is -2.36. The molecule has 2 rings (SSSR count). The molecule has 1 N–H and O–H groups in total. The molecular formula is C14H21FN2O. The number of benzene rings is 1. The standard InChI is InChI=1S/C14H21FN2O/c1-16(2)13-4-3-5-17(10-13)9-11-6-12(15)8-14(18)7-11/h6-8,13,18H,3-5,9-10H2,1-2H3. The summed E-state index contributed by atoms with van der Waals surface area (Å²) in [7, 11) is 4.20.